The molecule has 0 aromatic heterocycles. The molecule has 1 aliphatic heterocycles. The molecule has 4 atom stereocenters. The first-order valence-corrected chi connectivity index (χ1v) is 14.1. The number of nitrogens with one attached hydrogen (secondary N) is 1. The summed E-state index contributed by atoms with van der Waals surface area (Å²) in [7, 11) is 3.31. The van der Waals surface area contributed by atoms with Crippen LogP contribution in [0.5, 0.6) is 11.5 Å². The Bertz CT molecular complexity index is 857. The fourth-order valence-electron chi connectivity index (χ4n) is 4.79. The fourth-order valence-corrected chi connectivity index (χ4v) is 4.79. The van der Waals surface area contributed by atoms with Gasteiger partial charge in [-0.3, -0.25) is 4.79 Å². The zero-order chi connectivity index (χ0) is 28.1. The topological polar surface area (TPSA) is 92.3 Å². The summed E-state index contributed by atoms with van der Waals surface area (Å²) in [5.41, 5.74) is 1.12. The number of methoxy groups -OCH3 is 2. The van der Waals surface area contributed by atoms with Crippen LogP contribution in [-0.2, 0) is 25.4 Å². The molecule has 38 heavy (non-hydrogen) atoms. The first kappa shape index (κ1) is 31.7. The van der Waals surface area contributed by atoms with Crippen LogP contribution in [0, 0.1) is 23.7 Å². The van der Waals surface area contributed by atoms with Crippen LogP contribution in [0.1, 0.15) is 72.3 Å². The third-order valence-electron chi connectivity index (χ3n) is 7.32. The second kappa shape index (κ2) is 16.5. The molecule has 0 bridgehead atoms. The van der Waals surface area contributed by atoms with Gasteiger partial charge in [-0.2, -0.15) is 0 Å². The van der Waals surface area contributed by atoms with Gasteiger partial charge in [-0.1, -0.05) is 47.1 Å². The average Bonchev–Trinajstić information content (AvgIpc) is 3.27. The Morgan fingerprint density at radius 3 is 2.45 bits per heavy atom. The van der Waals surface area contributed by atoms with E-state index in [0.29, 0.717) is 50.1 Å². The zero-order valence-corrected chi connectivity index (χ0v) is 24.4. The molecule has 216 valence electrons. The minimum absolute atomic E-state index is 0.155. The molecule has 1 heterocycles. The van der Waals surface area contributed by atoms with Gasteiger partial charge in [0.05, 0.1) is 32.3 Å². The molecule has 3 unspecified atom stereocenters. The largest absolute Gasteiger partial charge is 0.493 e. The number of ether oxygens (including phenoxy) is 5. The lowest BCUT2D eigenvalue weighted by Gasteiger charge is -2.30. The number of unbranched alkanes of at least 4 members (excludes halogenated alkanes) is 1. The summed E-state index contributed by atoms with van der Waals surface area (Å²) in [4.78, 5) is 25.2. The van der Waals surface area contributed by atoms with E-state index in [1.54, 1.807) is 14.2 Å². The Morgan fingerprint density at radius 1 is 1.08 bits per heavy atom. The summed E-state index contributed by atoms with van der Waals surface area (Å²) < 4.78 is 27.8. The normalized spacial score (nSPS) is 18.8. The van der Waals surface area contributed by atoms with Crippen LogP contribution in [-0.4, -0.2) is 58.2 Å². The van der Waals surface area contributed by atoms with E-state index in [4.69, 9.17) is 23.7 Å². The Kier molecular flexibility index (Phi) is 13.8. The van der Waals surface area contributed by atoms with Gasteiger partial charge < -0.3 is 29.0 Å². The summed E-state index contributed by atoms with van der Waals surface area (Å²) in [6.45, 7) is 12.0. The highest BCUT2D eigenvalue weighted by molar-refractivity contribution is 5.75. The highest BCUT2D eigenvalue weighted by Crippen LogP contribution is 2.34. The molecule has 8 heteroatoms. The van der Waals surface area contributed by atoms with Crippen LogP contribution in [0.4, 0.5) is 4.79 Å². The quantitative estimate of drug-likeness (QED) is 0.199. The van der Waals surface area contributed by atoms with Crippen molar-refractivity contribution in [3.05, 3.63) is 23.8 Å². The molecule has 0 saturated carbocycles. The van der Waals surface area contributed by atoms with Gasteiger partial charge in [-0.15, -0.1) is 0 Å². The van der Waals surface area contributed by atoms with E-state index in [1.807, 2.05) is 26.0 Å². The Balaban J connectivity index is 2.19. The first-order valence-electron chi connectivity index (χ1n) is 14.1. The SMILES string of the molecule is CCCCOC(=O)NC(CC(Cc1ccc(OC)c(OCCCOC)c1)C(C)C)C1C[C@@H](C(C)C)C(=O)O1. The van der Waals surface area contributed by atoms with E-state index < -0.39 is 6.09 Å². The molecular weight excluding hydrogens is 486 g/mol. The van der Waals surface area contributed by atoms with Crippen LogP contribution in [0.3, 0.4) is 0 Å². The number of amides is 1. The maximum Gasteiger partial charge on any atom is 0.407 e. The van der Waals surface area contributed by atoms with E-state index in [-0.39, 0.29) is 35.9 Å². The summed E-state index contributed by atoms with van der Waals surface area (Å²) in [6, 6.07) is 5.70. The van der Waals surface area contributed by atoms with Gasteiger partial charge in [0.15, 0.2) is 11.5 Å². The summed E-state index contributed by atoms with van der Waals surface area (Å²) in [6.07, 6.45) is 3.78. The Hall–Kier alpha value is -2.48. The maximum atomic E-state index is 12.6. The molecule has 2 rings (SSSR count). The molecule has 1 fully saturated rings. The van der Waals surface area contributed by atoms with E-state index in [1.165, 1.54) is 0 Å². The van der Waals surface area contributed by atoms with Crippen LogP contribution >= 0.6 is 0 Å². The number of cyclic esters (lactones) is 1. The van der Waals surface area contributed by atoms with Crippen molar-refractivity contribution in [2.45, 2.75) is 85.3 Å². The van der Waals surface area contributed by atoms with Gasteiger partial charge in [0.25, 0.3) is 0 Å². The molecule has 0 aliphatic carbocycles. The summed E-state index contributed by atoms with van der Waals surface area (Å²) >= 11 is 0. The van der Waals surface area contributed by atoms with Crippen molar-refractivity contribution in [3.8, 4) is 11.5 Å². The van der Waals surface area contributed by atoms with E-state index >= 15 is 0 Å². The van der Waals surface area contributed by atoms with E-state index in [9.17, 15) is 9.59 Å². The highest BCUT2D eigenvalue weighted by Gasteiger charge is 2.41. The number of rotatable bonds is 17. The van der Waals surface area contributed by atoms with E-state index in [2.05, 4.69) is 32.2 Å². The summed E-state index contributed by atoms with van der Waals surface area (Å²) in [5, 5.41) is 3.04. The van der Waals surface area contributed by atoms with Crippen molar-refractivity contribution in [1.29, 1.82) is 0 Å². The number of hydrogen-bond donors (Lipinski definition) is 1. The van der Waals surface area contributed by atoms with Gasteiger partial charge in [-0.25, -0.2) is 4.79 Å². The lowest BCUT2D eigenvalue weighted by Crippen LogP contribution is -2.45. The lowest BCUT2D eigenvalue weighted by atomic mass is 9.81. The number of carbonyl (C=O) groups is 2. The van der Waals surface area contributed by atoms with E-state index in [0.717, 1.165) is 31.2 Å². The molecular formula is C30H49NO7. The standard InChI is InChI=1S/C30H49NO7/c1-8-9-14-37-30(33)31-25(27-19-24(21(4)5)29(32)38-27)18-23(20(2)3)16-22-11-12-26(35-7)28(17-22)36-15-10-13-34-6/h11-12,17,20-21,23-25,27H,8-10,13-16,18-19H2,1-7H3,(H,31,33)/t23?,24-,25?,27?/m0/s1. The maximum absolute atomic E-state index is 12.6. The van der Waals surface area contributed by atoms with Crippen molar-refractivity contribution in [2.75, 3.05) is 34.0 Å². The van der Waals surface area contributed by atoms with Gasteiger partial charge in [0.1, 0.15) is 6.10 Å². The monoisotopic (exact) mass is 535 g/mol. The summed E-state index contributed by atoms with van der Waals surface area (Å²) in [5.74, 6) is 1.82. The molecule has 1 N–H and O–H groups in total. The molecule has 1 amide bonds. The first-order chi connectivity index (χ1) is 18.2. The Morgan fingerprint density at radius 2 is 1.84 bits per heavy atom. The molecule has 1 aliphatic rings. The second-order valence-corrected chi connectivity index (χ2v) is 10.9. The third kappa shape index (κ3) is 10.0. The predicted octanol–water partition coefficient (Wildman–Crippen LogP) is 5.80. The number of benzene rings is 1. The third-order valence-corrected chi connectivity index (χ3v) is 7.32. The molecule has 8 nitrogen and oxygen atoms in total. The number of carbonyl (C=O) groups excluding carboxylic acids is 2. The number of hydrogen-bond acceptors (Lipinski definition) is 7. The minimum atomic E-state index is -0.453. The molecule has 0 spiro atoms. The Labute approximate surface area is 229 Å². The number of alkyl carbamates (subject to hydrolysis) is 1. The second-order valence-electron chi connectivity index (χ2n) is 10.9. The molecule has 1 aromatic rings. The minimum Gasteiger partial charge on any atom is -0.493 e. The lowest BCUT2D eigenvalue weighted by molar-refractivity contribution is -0.146. The van der Waals surface area contributed by atoms with Crippen molar-refractivity contribution in [1.82, 2.24) is 5.32 Å². The zero-order valence-electron chi connectivity index (χ0n) is 24.4. The van der Waals surface area contributed by atoms with Crippen LogP contribution in [0.15, 0.2) is 18.2 Å². The molecule has 1 aromatic carbocycles. The predicted molar refractivity (Wildman–Crippen MR) is 148 cm³/mol. The van der Waals surface area contributed by atoms with Crippen LogP contribution in [0.25, 0.3) is 0 Å². The van der Waals surface area contributed by atoms with Gasteiger partial charge in [0, 0.05) is 20.1 Å². The smallest absolute Gasteiger partial charge is 0.407 e. The molecule has 1 saturated heterocycles. The average molecular weight is 536 g/mol. The van der Waals surface area contributed by atoms with Gasteiger partial charge >= 0.3 is 12.1 Å². The highest BCUT2D eigenvalue weighted by atomic mass is 16.6. The van der Waals surface area contributed by atoms with Gasteiger partial charge in [-0.05, 0) is 61.1 Å². The van der Waals surface area contributed by atoms with Crippen LogP contribution in [0.2, 0.25) is 0 Å². The molecule has 0 radical (unpaired) electrons. The van der Waals surface area contributed by atoms with Crippen molar-refractivity contribution in [2.24, 2.45) is 23.7 Å². The van der Waals surface area contributed by atoms with Crippen LogP contribution < -0.4 is 14.8 Å². The van der Waals surface area contributed by atoms with Gasteiger partial charge in [0.2, 0.25) is 0 Å². The van der Waals surface area contributed by atoms with Crippen molar-refractivity contribution in [3.63, 3.8) is 0 Å². The fraction of sp³-hybridized carbons (Fsp3) is 0.733. The van der Waals surface area contributed by atoms with Crippen molar-refractivity contribution < 1.29 is 33.3 Å². The van der Waals surface area contributed by atoms with Crippen molar-refractivity contribution >= 4 is 12.1 Å². The number of esters is 1.